The van der Waals surface area contributed by atoms with Gasteiger partial charge in [-0.25, -0.2) is 9.07 Å². The SMILES string of the molecule is NCc1cnn(-c2ccccc2C(=O)N2CCN(c3ccc(F)cc3)CC2)c1. The first-order chi connectivity index (χ1) is 13.7. The Bertz CT molecular complexity index is 961. The predicted molar refractivity (Wildman–Crippen MR) is 106 cm³/mol. The maximum absolute atomic E-state index is 13.2. The third-order valence-electron chi connectivity index (χ3n) is 5.01. The fourth-order valence-electron chi connectivity index (χ4n) is 3.44. The number of para-hydroxylation sites is 1. The van der Waals surface area contributed by atoms with E-state index in [1.54, 1.807) is 23.0 Å². The van der Waals surface area contributed by atoms with Crippen molar-refractivity contribution in [2.45, 2.75) is 6.54 Å². The van der Waals surface area contributed by atoms with Gasteiger partial charge in [0.25, 0.3) is 5.91 Å². The molecule has 0 aliphatic carbocycles. The molecular formula is C21H22FN5O. The molecule has 2 aromatic carbocycles. The number of anilines is 1. The summed E-state index contributed by atoms with van der Waals surface area (Å²) in [6.45, 7) is 3.04. The molecular weight excluding hydrogens is 357 g/mol. The molecule has 1 aliphatic rings. The van der Waals surface area contributed by atoms with Gasteiger partial charge in [0.05, 0.1) is 17.4 Å². The summed E-state index contributed by atoms with van der Waals surface area (Å²) in [7, 11) is 0. The molecule has 2 N–H and O–H groups in total. The molecule has 0 bridgehead atoms. The summed E-state index contributed by atoms with van der Waals surface area (Å²) in [5.41, 5.74) is 8.91. The summed E-state index contributed by atoms with van der Waals surface area (Å²) in [4.78, 5) is 17.2. The van der Waals surface area contributed by atoms with Gasteiger partial charge in [-0.2, -0.15) is 5.10 Å². The van der Waals surface area contributed by atoms with Gasteiger partial charge in [0.2, 0.25) is 0 Å². The van der Waals surface area contributed by atoms with E-state index in [0.717, 1.165) is 16.9 Å². The summed E-state index contributed by atoms with van der Waals surface area (Å²) in [6, 6.07) is 13.9. The Labute approximate surface area is 163 Å². The standard InChI is InChI=1S/C21H22FN5O/c22-17-5-7-18(8-6-17)25-9-11-26(12-10-25)21(28)19-3-1-2-4-20(19)27-15-16(13-23)14-24-27/h1-8,14-15H,9-13,23H2. The molecule has 28 heavy (non-hydrogen) atoms. The first kappa shape index (κ1) is 18.2. The van der Waals surface area contributed by atoms with E-state index in [1.807, 2.05) is 35.4 Å². The molecule has 0 saturated carbocycles. The zero-order chi connectivity index (χ0) is 19.5. The van der Waals surface area contributed by atoms with Crippen molar-refractivity contribution in [2.75, 3.05) is 31.1 Å². The minimum absolute atomic E-state index is 0.0147. The Morgan fingerprint density at radius 1 is 1.04 bits per heavy atom. The molecule has 1 aliphatic heterocycles. The Morgan fingerprint density at radius 2 is 1.75 bits per heavy atom. The van der Waals surface area contributed by atoms with Crippen LogP contribution in [0.2, 0.25) is 0 Å². The lowest BCUT2D eigenvalue weighted by atomic mass is 10.1. The average Bonchev–Trinajstić information content (AvgIpc) is 3.23. The minimum Gasteiger partial charge on any atom is -0.368 e. The van der Waals surface area contributed by atoms with Gasteiger partial charge in [-0.05, 0) is 36.4 Å². The number of amides is 1. The van der Waals surface area contributed by atoms with E-state index in [4.69, 9.17) is 5.73 Å². The topological polar surface area (TPSA) is 67.4 Å². The molecule has 4 rings (SSSR count). The van der Waals surface area contributed by atoms with Crippen LogP contribution >= 0.6 is 0 Å². The molecule has 0 radical (unpaired) electrons. The van der Waals surface area contributed by atoms with E-state index in [0.29, 0.717) is 38.3 Å². The van der Waals surface area contributed by atoms with E-state index >= 15 is 0 Å². The van der Waals surface area contributed by atoms with Crippen LogP contribution < -0.4 is 10.6 Å². The van der Waals surface area contributed by atoms with Gasteiger partial charge in [-0.15, -0.1) is 0 Å². The van der Waals surface area contributed by atoms with Crippen LogP contribution in [0.4, 0.5) is 10.1 Å². The number of nitrogens with zero attached hydrogens (tertiary/aromatic N) is 4. The van der Waals surface area contributed by atoms with Crippen LogP contribution in [-0.4, -0.2) is 46.8 Å². The van der Waals surface area contributed by atoms with E-state index in [9.17, 15) is 9.18 Å². The molecule has 144 valence electrons. The van der Waals surface area contributed by atoms with E-state index < -0.39 is 0 Å². The third kappa shape index (κ3) is 3.61. The number of carbonyl (C=O) groups excluding carboxylic acids is 1. The lowest BCUT2D eigenvalue weighted by Gasteiger charge is -2.36. The van der Waals surface area contributed by atoms with Crippen LogP contribution in [0.15, 0.2) is 60.9 Å². The highest BCUT2D eigenvalue weighted by molar-refractivity contribution is 5.97. The monoisotopic (exact) mass is 379 g/mol. The highest BCUT2D eigenvalue weighted by Crippen LogP contribution is 2.20. The molecule has 1 fully saturated rings. The van der Waals surface area contributed by atoms with Crippen LogP contribution in [0.1, 0.15) is 15.9 Å². The summed E-state index contributed by atoms with van der Waals surface area (Å²) >= 11 is 0. The quantitative estimate of drug-likeness (QED) is 0.756. The number of piperazine rings is 1. The van der Waals surface area contributed by atoms with Crippen molar-refractivity contribution in [1.29, 1.82) is 0 Å². The second kappa shape index (κ2) is 7.82. The Morgan fingerprint density at radius 3 is 2.43 bits per heavy atom. The number of nitrogens with two attached hydrogens (primary N) is 1. The van der Waals surface area contributed by atoms with Gasteiger partial charge >= 0.3 is 0 Å². The van der Waals surface area contributed by atoms with Crippen molar-refractivity contribution in [1.82, 2.24) is 14.7 Å². The van der Waals surface area contributed by atoms with E-state index in [1.165, 1.54) is 12.1 Å². The van der Waals surface area contributed by atoms with E-state index in [2.05, 4.69) is 10.00 Å². The molecule has 3 aromatic rings. The Kier molecular flexibility index (Phi) is 5.08. The maximum atomic E-state index is 13.2. The van der Waals surface area contributed by atoms with Gasteiger partial charge in [0.1, 0.15) is 5.82 Å². The number of hydrogen-bond donors (Lipinski definition) is 1. The minimum atomic E-state index is -0.245. The molecule has 1 aromatic heterocycles. The highest BCUT2D eigenvalue weighted by atomic mass is 19.1. The second-order valence-corrected chi connectivity index (χ2v) is 6.77. The molecule has 0 atom stereocenters. The molecule has 2 heterocycles. The van der Waals surface area contributed by atoms with Crippen molar-refractivity contribution in [2.24, 2.45) is 5.73 Å². The van der Waals surface area contributed by atoms with Crippen LogP contribution in [0.5, 0.6) is 0 Å². The molecule has 6 nitrogen and oxygen atoms in total. The van der Waals surface area contributed by atoms with Crippen LogP contribution in [-0.2, 0) is 6.54 Å². The van der Waals surface area contributed by atoms with Crippen molar-refractivity contribution in [3.05, 3.63) is 77.9 Å². The van der Waals surface area contributed by atoms with Crippen molar-refractivity contribution in [3.8, 4) is 5.69 Å². The number of aromatic nitrogens is 2. The normalized spacial score (nSPS) is 14.4. The molecule has 0 spiro atoms. The number of benzene rings is 2. The lowest BCUT2D eigenvalue weighted by molar-refractivity contribution is 0.0746. The van der Waals surface area contributed by atoms with Crippen molar-refractivity contribution in [3.63, 3.8) is 0 Å². The first-order valence-corrected chi connectivity index (χ1v) is 9.28. The zero-order valence-corrected chi connectivity index (χ0v) is 15.5. The number of hydrogen-bond acceptors (Lipinski definition) is 4. The van der Waals surface area contributed by atoms with Gasteiger partial charge in [-0.1, -0.05) is 12.1 Å². The average molecular weight is 379 g/mol. The summed E-state index contributed by atoms with van der Waals surface area (Å²) in [5, 5.41) is 4.33. The van der Waals surface area contributed by atoms with Gasteiger partial charge < -0.3 is 15.5 Å². The summed E-state index contributed by atoms with van der Waals surface area (Å²) in [5.74, 6) is -0.260. The summed E-state index contributed by atoms with van der Waals surface area (Å²) < 4.78 is 14.8. The van der Waals surface area contributed by atoms with Crippen LogP contribution in [0, 0.1) is 5.82 Å². The Balaban J connectivity index is 1.49. The van der Waals surface area contributed by atoms with Crippen LogP contribution in [0.3, 0.4) is 0 Å². The smallest absolute Gasteiger partial charge is 0.256 e. The molecule has 1 saturated heterocycles. The maximum Gasteiger partial charge on any atom is 0.256 e. The predicted octanol–water partition coefficient (Wildman–Crippen LogP) is 2.43. The highest BCUT2D eigenvalue weighted by Gasteiger charge is 2.24. The summed E-state index contributed by atoms with van der Waals surface area (Å²) in [6.07, 6.45) is 3.56. The number of rotatable bonds is 4. The van der Waals surface area contributed by atoms with Gasteiger partial charge in [0.15, 0.2) is 0 Å². The van der Waals surface area contributed by atoms with Crippen LogP contribution in [0.25, 0.3) is 5.69 Å². The number of carbonyl (C=O) groups is 1. The molecule has 0 unspecified atom stereocenters. The van der Waals surface area contributed by atoms with Gasteiger partial charge in [-0.3, -0.25) is 4.79 Å². The molecule has 7 heteroatoms. The molecule has 1 amide bonds. The third-order valence-corrected chi connectivity index (χ3v) is 5.01. The number of halogens is 1. The van der Waals surface area contributed by atoms with Crippen molar-refractivity contribution < 1.29 is 9.18 Å². The van der Waals surface area contributed by atoms with Gasteiger partial charge in [0, 0.05) is 50.2 Å². The second-order valence-electron chi connectivity index (χ2n) is 6.77. The fraction of sp³-hybridized carbons (Fsp3) is 0.238. The first-order valence-electron chi connectivity index (χ1n) is 9.28. The Hall–Kier alpha value is -3.19. The fourth-order valence-corrected chi connectivity index (χ4v) is 3.44. The van der Waals surface area contributed by atoms with E-state index in [-0.39, 0.29) is 11.7 Å². The largest absolute Gasteiger partial charge is 0.368 e. The van der Waals surface area contributed by atoms with Crippen molar-refractivity contribution >= 4 is 11.6 Å². The lowest BCUT2D eigenvalue weighted by Crippen LogP contribution is -2.49. The zero-order valence-electron chi connectivity index (χ0n) is 15.5.